The second-order valence-corrected chi connectivity index (χ2v) is 9.13. The number of benzene rings is 3. The van der Waals surface area contributed by atoms with Crippen LogP contribution in [0.1, 0.15) is 37.5 Å². The summed E-state index contributed by atoms with van der Waals surface area (Å²) in [4.78, 5) is 39.8. The summed E-state index contributed by atoms with van der Waals surface area (Å²) >= 11 is 0. The molecule has 7 nitrogen and oxygen atoms in total. The fourth-order valence-corrected chi connectivity index (χ4v) is 4.08. The minimum Gasteiger partial charge on any atom is -0.438 e. The lowest BCUT2D eigenvalue weighted by Crippen LogP contribution is -2.43. The van der Waals surface area contributed by atoms with Crippen LogP contribution in [0.3, 0.4) is 0 Å². The highest BCUT2D eigenvalue weighted by atomic mass is 19.1. The standard InChI is InChI=1S/C28H28FN3O4/c1-18(2)16-24(33)30-22-12-8-20(9-13-22)26-25(27(34)31-23-14-10-21(29)11-15-23)32(28(35)36-26)17-19-6-4-3-5-7-19/h3-15,18,25-26H,16-17H2,1-2H3,(H,30,33)(H,31,34). The molecule has 0 radical (unpaired) electrons. The van der Waals surface area contributed by atoms with Crippen LogP contribution in [0, 0.1) is 11.7 Å². The lowest BCUT2D eigenvalue weighted by molar-refractivity contribution is -0.121. The first-order chi connectivity index (χ1) is 17.3. The molecule has 0 aliphatic carbocycles. The van der Waals surface area contributed by atoms with Gasteiger partial charge in [-0.3, -0.25) is 14.5 Å². The number of anilines is 2. The Bertz CT molecular complexity index is 1210. The van der Waals surface area contributed by atoms with Crippen LogP contribution in [0.4, 0.5) is 20.6 Å². The fraction of sp³-hybridized carbons (Fsp3) is 0.250. The summed E-state index contributed by atoms with van der Waals surface area (Å²) in [5.41, 5.74) is 2.47. The van der Waals surface area contributed by atoms with Crippen LogP contribution in [0.25, 0.3) is 0 Å². The van der Waals surface area contributed by atoms with Crippen molar-refractivity contribution in [3.05, 3.63) is 95.8 Å². The van der Waals surface area contributed by atoms with Gasteiger partial charge in [0.05, 0.1) is 6.54 Å². The summed E-state index contributed by atoms with van der Waals surface area (Å²) in [5.74, 6) is -0.729. The number of halogens is 1. The molecule has 8 heteroatoms. The summed E-state index contributed by atoms with van der Waals surface area (Å²) in [6, 6.07) is 20.6. The zero-order chi connectivity index (χ0) is 25.7. The zero-order valence-corrected chi connectivity index (χ0v) is 20.1. The first-order valence-corrected chi connectivity index (χ1v) is 11.8. The van der Waals surface area contributed by atoms with Crippen molar-refractivity contribution in [2.24, 2.45) is 5.92 Å². The van der Waals surface area contributed by atoms with Crippen molar-refractivity contribution in [1.29, 1.82) is 0 Å². The van der Waals surface area contributed by atoms with E-state index in [-0.39, 0.29) is 18.4 Å². The molecule has 0 spiro atoms. The molecule has 2 atom stereocenters. The van der Waals surface area contributed by atoms with E-state index in [1.807, 2.05) is 44.2 Å². The highest BCUT2D eigenvalue weighted by Gasteiger charge is 2.47. The molecule has 1 aliphatic heterocycles. The highest BCUT2D eigenvalue weighted by molar-refractivity contribution is 5.98. The summed E-state index contributed by atoms with van der Waals surface area (Å²) in [7, 11) is 0. The van der Waals surface area contributed by atoms with E-state index >= 15 is 0 Å². The van der Waals surface area contributed by atoms with Crippen molar-refractivity contribution >= 4 is 29.3 Å². The second-order valence-electron chi connectivity index (χ2n) is 9.13. The van der Waals surface area contributed by atoms with E-state index in [9.17, 15) is 18.8 Å². The number of carbonyl (C=O) groups excluding carboxylic acids is 3. The van der Waals surface area contributed by atoms with E-state index in [0.29, 0.717) is 23.4 Å². The topological polar surface area (TPSA) is 87.7 Å². The molecule has 3 aromatic rings. The van der Waals surface area contributed by atoms with Gasteiger partial charge < -0.3 is 15.4 Å². The van der Waals surface area contributed by atoms with Crippen molar-refractivity contribution in [3.8, 4) is 0 Å². The summed E-state index contributed by atoms with van der Waals surface area (Å²) < 4.78 is 19.0. The zero-order valence-electron chi connectivity index (χ0n) is 20.1. The average Bonchev–Trinajstić information content (AvgIpc) is 3.17. The Morgan fingerprint density at radius 1 is 0.917 bits per heavy atom. The SMILES string of the molecule is CC(C)CC(=O)Nc1ccc(C2OC(=O)N(Cc3ccccc3)C2C(=O)Nc2ccc(F)cc2)cc1. The number of hydrogen-bond donors (Lipinski definition) is 2. The number of amides is 3. The Hall–Kier alpha value is -4.20. The fourth-order valence-electron chi connectivity index (χ4n) is 4.08. The third-order valence-electron chi connectivity index (χ3n) is 5.78. The van der Waals surface area contributed by atoms with Crippen LogP contribution in [0.5, 0.6) is 0 Å². The van der Waals surface area contributed by atoms with Gasteiger partial charge in [-0.1, -0.05) is 56.3 Å². The Morgan fingerprint density at radius 3 is 2.17 bits per heavy atom. The lowest BCUT2D eigenvalue weighted by Gasteiger charge is -2.24. The van der Waals surface area contributed by atoms with Gasteiger partial charge in [0.15, 0.2) is 12.1 Å². The molecule has 2 unspecified atom stereocenters. The average molecular weight is 490 g/mol. The molecule has 1 saturated heterocycles. The Kier molecular flexibility index (Phi) is 7.63. The van der Waals surface area contributed by atoms with Gasteiger partial charge in [0.1, 0.15) is 5.82 Å². The van der Waals surface area contributed by atoms with Crippen LogP contribution in [-0.4, -0.2) is 28.8 Å². The van der Waals surface area contributed by atoms with E-state index < -0.39 is 30.0 Å². The first kappa shape index (κ1) is 24.9. The van der Waals surface area contributed by atoms with Gasteiger partial charge in [-0.2, -0.15) is 0 Å². The molecule has 36 heavy (non-hydrogen) atoms. The third kappa shape index (κ3) is 6.07. The van der Waals surface area contributed by atoms with Crippen LogP contribution >= 0.6 is 0 Å². The predicted octanol–water partition coefficient (Wildman–Crippen LogP) is 5.51. The quantitative estimate of drug-likeness (QED) is 0.437. The van der Waals surface area contributed by atoms with Crippen molar-refractivity contribution in [3.63, 3.8) is 0 Å². The molecule has 0 saturated carbocycles. The van der Waals surface area contributed by atoms with E-state index in [1.54, 1.807) is 24.3 Å². The second kappa shape index (κ2) is 11.0. The van der Waals surface area contributed by atoms with Gasteiger partial charge >= 0.3 is 6.09 Å². The largest absolute Gasteiger partial charge is 0.438 e. The molecule has 1 fully saturated rings. The lowest BCUT2D eigenvalue weighted by atomic mass is 10.00. The maximum absolute atomic E-state index is 13.4. The van der Waals surface area contributed by atoms with Crippen molar-refractivity contribution in [2.45, 2.75) is 39.0 Å². The molecule has 0 bridgehead atoms. The smallest absolute Gasteiger partial charge is 0.411 e. The molecule has 2 N–H and O–H groups in total. The van der Waals surface area contributed by atoms with E-state index in [0.717, 1.165) is 5.56 Å². The monoisotopic (exact) mass is 489 g/mol. The molecular weight excluding hydrogens is 461 g/mol. The number of cyclic esters (lactones) is 1. The van der Waals surface area contributed by atoms with Crippen molar-refractivity contribution in [1.82, 2.24) is 4.90 Å². The van der Waals surface area contributed by atoms with E-state index in [2.05, 4.69) is 10.6 Å². The van der Waals surface area contributed by atoms with Gasteiger partial charge in [0.2, 0.25) is 5.91 Å². The van der Waals surface area contributed by atoms with E-state index in [1.165, 1.54) is 29.2 Å². The maximum Gasteiger partial charge on any atom is 0.411 e. The van der Waals surface area contributed by atoms with Gasteiger partial charge in [-0.25, -0.2) is 9.18 Å². The van der Waals surface area contributed by atoms with E-state index in [4.69, 9.17) is 4.74 Å². The number of nitrogens with one attached hydrogen (secondary N) is 2. The molecule has 3 amide bonds. The minimum atomic E-state index is -0.968. The molecule has 1 heterocycles. The molecule has 1 aliphatic rings. The number of carbonyl (C=O) groups is 3. The number of nitrogens with zero attached hydrogens (tertiary/aromatic N) is 1. The number of ether oxygens (including phenoxy) is 1. The normalized spacial score (nSPS) is 17.1. The Labute approximate surface area is 209 Å². The van der Waals surface area contributed by atoms with Crippen molar-refractivity contribution < 1.29 is 23.5 Å². The Morgan fingerprint density at radius 2 is 1.53 bits per heavy atom. The van der Waals surface area contributed by atoms with Gasteiger partial charge in [0.25, 0.3) is 5.91 Å². The maximum atomic E-state index is 13.4. The van der Waals surface area contributed by atoms with Crippen LogP contribution in [-0.2, 0) is 20.9 Å². The first-order valence-electron chi connectivity index (χ1n) is 11.8. The van der Waals surface area contributed by atoms with Gasteiger partial charge in [-0.05, 0) is 53.4 Å². The molecule has 3 aromatic carbocycles. The predicted molar refractivity (Wildman–Crippen MR) is 135 cm³/mol. The number of hydrogen-bond acceptors (Lipinski definition) is 4. The highest BCUT2D eigenvalue weighted by Crippen LogP contribution is 2.35. The molecule has 0 aromatic heterocycles. The van der Waals surface area contributed by atoms with Crippen LogP contribution in [0.2, 0.25) is 0 Å². The summed E-state index contributed by atoms with van der Waals surface area (Å²) in [5, 5.41) is 5.61. The Balaban J connectivity index is 1.58. The summed E-state index contributed by atoms with van der Waals surface area (Å²) in [6.45, 7) is 4.12. The summed E-state index contributed by atoms with van der Waals surface area (Å²) in [6.07, 6.45) is -1.08. The number of rotatable bonds is 8. The molecule has 4 rings (SSSR count). The van der Waals surface area contributed by atoms with Crippen LogP contribution < -0.4 is 10.6 Å². The van der Waals surface area contributed by atoms with Crippen molar-refractivity contribution in [2.75, 3.05) is 10.6 Å². The van der Waals surface area contributed by atoms with Gasteiger partial charge in [0, 0.05) is 17.8 Å². The van der Waals surface area contributed by atoms with Crippen LogP contribution in [0.15, 0.2) is 78.9 Å². The van der Waals surface area contributed by atoms with Gasteiger partial charge in [-0.15, -0.1) is 0 Å². The molecular formula is C28H28FN3O4. The third-order valence-corrected chi connectivity index (χ3v) is 5.78. The molecule has 186 valence electrons. The minimum absolute atomic E-state index is 0.0874.